The zero-order chi connectivity index (χ0) is 85.3. The molecule has 1 aromatic carbocycles. The molecule has 8 amide bonds. The number of ketones is 5. The number of aliphatic carboxylic acids is 1. The van der Waals surface area contributed by atoms with Crippen LogP contribution in [0.3, 0.4) is 0 Å². The Kier molecular flexibility index (Phi) is 59.2. The number of Topliss-reactive ketones (excluding diaryl/α,β-unsaturated/α-hetero) is 5. The number of carbonyl (C=O) groups excluding carboxylic acids is 13. The Bertz CT molecular complexity index is 3190. The molecule has 7 atom stereocenters. The lowest BCUT2D eigenvalue weighted by Crippen LogP contribution is -2.53. The Morgan fingerprint density at radius 1 is 0.530 bits per heavy atom. The van der Waals surface area contributed by atoms with Gasteiger partial charge < -0.3 is 117 Å². The van der Waals surface area contributed by atoms with Crippen LogP contribution in [-0.2, 0) is 126 Å². The van der Waals surface area contributed by atoms with E-state index in [0.717, 1.165) is 33.3 Å². The molecule has 2 bridgehead atoms. The lowest BCUT2D eigenvalue weighted by atomic mass is 9.90. The van der Waals surface area contributed by atoms with Crippen molar-refractivity contribution in [3.8, 4) is 0 Å². The normalized spacial score (nSPS) is 19.2. The first-order valence-corrected chi connectivity index (χ1v) is 42.8. The number of thioether (sulfide) groups is 1. The van der Waals surface area contributed by atoms with Crippen molar-refractivity contribution in [1.29, 1.82) is 0 Å². The Balaban J connectivity index is 1.73. The molecule has 3 rings (SSSR count). The van der Waals surface area contributed by atoms with Gasteiger partial charge in [0.25, 0.3) is 5.91 Å². The molecule has 0 spiro atoms. The molecular formula is C75H121N13O26S3. The predicted octanol–water partition coefficient (Wildman–Crippen LogP) is -1.95. The first-order chi connectivity index (χ1) is 56.6. The third kappa shape index (κ3) is 53.3. The maximum absolute atomic E-state index is 14.9. The molecule has 2 aliphatic heterocycles. The summed E-state index contributed by atoms with van der Waals surface area (Å²) in [5.41, 5.74) is 17.1. The quantitative estimate of drug-likeness (QED) is 0.0111. The number of aliphatic imine (C=N–C) groups is 1. The second kappa shape index (κ2) is 67.0. The number of nitrogens with zero attached hydrogens (tertiary/aromatic N) is 2. The number of guanidine groups is 1. The van der Waals surface area contributed by atoms with Crippen molar-refractivity contribution in [2.45, 2.75) is 121 Å². The van der Waals surface area contributed by atoms with Gasteiger partial charge in [-0.05, 0) is 63.9 Å². The molecule has 2 saturated heterocycles. The highest BCUT2D eigenvalue weighted by Gasteiger charge is 2.36. The Labute approximate surface area is 694 Å². The van der Waals surface area contributed by atoms with Crippen molar-refractivity contribution in [1.82, 2.24) is 42.5 Å². The van der Waals surface area contributed by atoms with Gasteiger partial charge in [-0.3, -0.25) is 72.1 Å². The third-order valence-electron chi connectivity index (χ3n) is 17.0. The topological polar surface area (TPSA) is 560 Å². The van der Waals surface area contributed by atoms with Gasteiger partial charge in [0.15, 0.2) is 41.5 Å². The van der Waals surface area contributed by atoms with E-state index in [1.807, 2.05) is 0 Å². The summed E-state index contributed by atoms with van der Waals surface area (Å²) in [6.07, 6.45) is 0.302. The predicted molar refractivity (Wildman–Crippen MR) is 433 cm³/mol. The number of rotatable bonds is 57. The van der Waals surface area contributed by atoms with Crippen LogP contribution in [0.1, 0.15) is 96.0 Å². The summed E-state index contributed by atoms with van der Waals surface area (Å²) in [6, 6.07) is 3.24. The fraction of sp³-hybridized carbons (Fsp3) is 0.707. The van der Waals surface area contributed by atoms with Crippen molar-refractivity contribution in [3.05, 3.63) is 35.9 Å². The van der Waals surface area contributed by atoms with Gasteiger partial charge in [-0.25, -0.2) is 0 Å². The zero-order valence-electron chi connectivity index (χ0n) is 66.8. The number of oxime groups is 1. The fourth-order valence-electron chi connectivity index (χ4n) is 11.0. The van der Waals surface area contributed by atoms with Crippen LogP contribution in [0.25, 0.3) is 0 Å². The number of carboxylic acid groups (broad SMARTS) is 1. The minimum atomic E-state index is -1.54. The maximum Gasteiger partial charge on any atom is 0.304 e. The molecule has 0 aliphatic carbocycles. The molecule has 0 radical (unpaired) electrons. The zero-order valence-corrected chi connectivity index (χ0v) is 69.3. The van der Waals surface area contributed by atoms with Crippen molar-refractivity contribution in [3.63, 3.8) is 0 Å². The fourth-order valence-corrected chi connectivity index (χ4v) is 14.3. The van der Waals surface area contributed by atoms with Gasteiger partial charge in [0.05, 0.1) is 142 Å². The number of benzene rings is 1. The standard InChI is InChI=1S/C75H121N13O26S3/c1-2-84-114-48-68(96)81-21-26-107-30-34-110-36-38-111-37-35-109-33-29-106-25-20-80-67(95)47-113-46-66(94)79-18-7-6-15-59-74(103)88-62-51-117-116-50-61(87-73(102)56(43-70(98)99)40-58(90)44-83-71(100)54(41-64(62)92)13-8-19-82-75(77)78)65(93)42-55(39-53-11-4-3-5-12-53)72(101)86-60(49-115-52-69(97)85-59)63(91)16-10-23-105-28-32-108-31-27-104-22-9-14-57(89)45-112-24-17-76/h2-5,11-12,54-56,59-62H,6-10,13-52,76H2,1H3,(H,79,94)(H,80,95)(H,81,96)(H,83,100)(H,85,97)(H,86,101)(H,87,102)(H,88,103)(H,98,99)(H4,77,78,82)/b84-2+/t54-,55-,56+,59+,60+,61+,62+/m1/s1. The average molecular weight is 1720 g/mol. The van der Waals surface area contributed by atoms with Crippen LogP contribution in [0.2, 0.25) is 0 Å². The molecule has 1 aromatic rings. The summed E-state index contributed by atoms with van der Waals surface area (Å²) in [4.78, 5) is 199. The minimum absolute atomic E-state index is 0.000392. The van der Waals surface area contributed by atoms with Gasteiger partial charge in [0, 0.05) is 113 Å². The summed E-state index contributed by atoms with van der Waals surface area (Å²) in [7, 11) is 1.98. The van der Waals surface area contributed by atoms with Crippen LogP contribution < -0.4 is 59.7 Å². The van der Waals surface area contributed by atoms with E-state index in [1.54, 1.807) is 37.3 Å². The number of carbonyl (C=O) groups is 14. The highest BCUT2D eigenvalue weighted by molar-refractivity contribution is 8.76. The molecule has 2 aliphatic rings. The largest absolute Gasteiger partial charge is 0.481 e. The average Bonchev–Trinajstić information content (AvgIpc) is 1.70. The van der Waals surface area contributed by atoms with Crippen LogP contribution in [0, 0.1) is 17.8 Å². The van der Waals surface area contributed by atoms with Crippen molar-refractivity contribution < 1.29 is 124 Å². The van der Waals surface area contributed by atoms with Gasteiger partial charge in [-0.15, -0.1) is 11.8 Å². The number of unbranched alkanes of at least 4 members (excludes halogenated alkanes) is 1. The van der Waals surface area contributed by atoms with Crippen LogP contribution in [-0.4, -0.2) is 325 Å². The van der Waals surface area contributed by atoms with E-state index < -0.39 is 158 Å². The van der Waals surface area contributed by atoms with Crippen LogP contribution in [0.15, 0.2) is 40.5 Å². The molecule has 0 aromatic heterocycles. The van der Waals surface area contributed by atoms with Crippen molar-refractivity contribution in [2.75, 3.05) is 201 Å². The monoisotopic (exact) mass is 1720 g/mol. The number of nitrogens with one attached hydrogen (secondary N) is 8. The number of hydrogen-bond donors (Lipinski definition) is 12. The molecule has 15 N–H and O–H groups in total. The molecule has 2 fully saturated rings. The summed E-state index contributed by atoms with van der Waals surface area (Å²) < 4.78 is 54.7. The van der Waals surface area contributed by atoms with Crippen LogP contribution in [0.5, 0.6) is 0 Å². The summed E-state index contributed by atoms with van der Waals surface area (Å²) in [5, 5.41) is 34.9. The van der Waals surface area contributed by atoms with E-state index in [1.165, 1.54) is 6.21 Å². The van der Waals surface area contributed by atoms with Crippen molar-refractivity contribution >= 4 is 128 Å². The summed E-state index contributed by atoms with van der Waals surface area (Å²) in [5.74, 6) is -14.5. The molecule has 39 nitrogen and oxygen atoms in total. The van der Waals surface area contributed by atoms with Gasteiger partial charge in [0.1, 0.15) is 25.9 Å². The Hall–Kier alpha value is -7.85. The van der Waals surface area contributed by atoms with E-state index in [4.69, 9.17) is 69.4 Å². The molecular weight excluding hydrogens is 1600 g/mol. The summed E-state index contributed by atoms with van der Waals surface area (Å²) >= 11 is 0.958. The van der Waals surface area contributed by atoms with Gasteiger partial charge in [-0.1, -0.05) is 57.1 Å². The number of hydrogen-bond acceptors (Lipinski definition) is 31. The summed E-state index contributed by atoms with van der Waals surface area (Å²) in [6.45, 7) is 5.65. The number of fused-ring (bicyclic) bond motifs is 5. The van der Waals surface area contributed by atoms with E-state index in [-0.39, 0.29) is 178 Å². The second-order valence-corrected chi connectivity index (χ2v) is 30.2. The Morgan fingerprint density at radius 3 is 1.62 bits per heavy atom. The highest BCUT2D eigenvalue weighted by atomic mass is 33.1. The van der Waals surface area contributed by atoms with Crippen LogP contribution >= 0.6 is 33.3 Å². The SMILES string of the molecule is C/C=N/OCC(=O)NCCOCCOCCOCCOCCOCCNC(=O)COCC(=O)NCCCC[C@@H]1NC(=O)CSC[C@@H](C(=O)CCCOCCOCCOCCCC(=O)COCCN)NC(=O)[C@H](Cc2ccccc2)CC(=O)[C@@H]2CSSC[C@H](NC1=O)C(=O)C[C@@H](CCCN=C(N)N)C(=O)NCC(=O)C[C@@H](CC(=O)O)C(=O)N2. The lowest BCUT2D eigenvalue weighted by molar-refractivity contribution is -0.142. The van der Waals surface area contributed by atoms with Gasteiger partial charge >= 0.3 is 5.97 Å². The first-order valence-electron chi connectivity index (χ1n) is 39.2. The number of amides is 8. The number of carboxylic acids is 1. The number of nitrogens with two attached hydrogens (primary N) is 3. The van der Waals surface area contributed by atoms with E-state index >= 15 is 0 Å². The maximum atomic E-state index is 14.9. The molecule has 42 heteroatoms. The lowest BCUT2D eigenvalue weighted by Gasteiger charge is -2.26. The first kappa shape index (κ1) is 103. The van der Waals surface area contributed by atoms with Crippen LogP contribution in [0.4, 0.5) is 0 Å². The Morgan fingerprint density at radius 2 is 1.06 bits per heavy atom. The van der Waals surface area contributed by atoms with Gasteiger partial charge in [0.2, 0.25) is 41.4 Å². The second-order valence-electron chi connectivity index (χ2n) is 26.6. The molecule has 117 heavy (non-hydrogen) atoms. The van der Waals surface area contributed by atoms with Gasteiger partial charge in [-0.2, -0.15) is 0 Å². The van der Waals surface area contributed by atoms with E-state index in [0.29, 0.717) is 91.0 Å². The molecule has 0 saturated carbocycles. The van der Waals surface area contributed by atoms with E-state index in [2.05, 4.69) is 52.7 Å². The third-order valence-corrected chi connectivity index (χ3v) is 20.4. The molecule has 0 unspecified atom stereocenters. The molecule has 2 heterocycles. The number of ether oxygens (including phenoxy) is 10. The minimum Gasteiger partial charge on any atom is -0.481 e. The smallest absolute Gasteiger partial charge is 0.304 e. The highest BCUT2D eigenvalue weighted by Crippen LogP contribution is 2.27. The van der Waals surface area contributed by atoms with E-state index in [9.17, 15) is 72.2 Å². The van der Waals surface area contributed by atoms with Crippen molar-refractivity contribution in [2.24, 2.45) is 45.1 Å². The molecule has 660 valence electrons.